The molecule has 1 amide bonds. The molecule has 0 radical (unpaired) electrons. The number of carbonyl (C=O) groups excluding carboxylic acids is 1. The van der Waals surface area contributed by atoms with Crippen LogP contribution < -0.4 is 10.0 Å². The number of rotatable bonds is 10. The Bertz CT molecular complexity index is 897. The Morgan fingerprint density at radius 2 is 1.86 bits per heavy atom. The van der Waals surface area contributed by atoms with E-state index < -0.39 is 10.0 Å². The molecular weight excluding hydrogens is 394 g/mol. The van der Waals surface area contributed by atoms with Gasteiger partial charge in [-0.15, -0.1) is 11.3 Å². The van der Waals surface area contributed by atoms with Crippen molar-refractivity contribution in [3.63, 3.8) is 0 Å². The molecule has 0 aliphatic rings. The predicted molar refractivity (Wildman–Crippen MR) is 110 cm³/mol. The quantitative estimate of drug-likeness (QED) is 0.571. The Labute approximate surface area is 170 Å². The number of thiophene rings is 1. The van der Waals surface area contributed by atoms with Crippen LogP contribution in [0, 0.1) is 17.2 Å². The van der Waals surface area contributed by atoms with Crippen molar-refractivity contribution in [2.24, 2.45) is 5.92 Å². The van der Waals surface area contributed by atoms with Crippen LogP contribution in [0.25, 0.3) is 0 Å². The van der Waals surface area contributed by atoms with Gasteiger partial charge < -0.3 is 5.32 Å². The van der Waals surface area contributed by atoms with Gasteiger partial charge in [0, 0.05) is 23.4 Å². The smallest absolute Gasteiger partial charge is 0.251 e. The van der Waals surface area contributed by atoms with Crippen molar-refractivity contribution < 1.29 is 13.2 Å². The van der Waals surface area contributed by atoms with Gasteiger partial charge in [-0.1, -0.05) is 32.8 Å². The van der Waals surface area contributed by atoms with Crippen molar-refractivity contribution in [2.45, 2.75) is 44.0 Å². The van der Waals surface area contributed by atoms with E-state index in [0.29, 0.717) is 11.5 Å². The van der Waals surface area contributed by atoms with Crippen LogP contribution in [0.2, 0.25) is 0 Å². The van der Waals surface area contributed by atoms with E-state index in [1.807, 2.05) is 23.6 Å². The largest absolute Gasteiger partial charge is 0.344 e. The molecule has 0 aliphatic heterocycles. The predicted octanol–water partition coefficient (Wildman–Crippen LogP) is 3.85. The average molecular weight is 420 g/mol. The van der Waals surface area contributed by atoms with Crippen LogP contribution in [0.3, 0.4) is 0 Å². The van der Waals surface area contributed by atoms with Crippen LogP contribution >= 0.6 is 11.3 Å². The third kappa shape index (κ3) is 5.64. The number of hydrogen-bond acceptors (Lipinski definition) is 5. The van der Waals surface area contributed by atoms with Gasteiger partial charge >= 0.3 is 0 Å². The van der Waals surface area contributed by atoms with Crippen molar-refractivity contribution in [3.8, 4) is 6.07 Å². The zero-order chi connectivity index (χ0) is 20.6. The molecule has 1 aromatic heterocycles. The summed E-state index contributed by atoms with van der Waals surface area (Å²) in [5.41, 5.74) is 0.406. The lowest BCUT2D eigenvalue weighted by Crippen LogP contribution is -2.32. The second-order valence-electron chi connectivity index (χ2n) is 6.37. The number of amides is 1. The lowest BCUT2D eigenvalue weighted by Gasteiger charge is -2.25. The van der Waals surface area contributed by atoms with Gasteiger partial charge in [-0.3, -0.25) is 4.79 Å². The zero-order valence-corrected chi connectivity index (χ0v) is 17.6. The number of sulfonamides is 1. The molecule has 2 aromatic rings. The van der Waals surface area contributed by atoms with E-state index in [1.165, 1.54) is 24.3 Å². The first-order valence-corrected chi connectivity index (χ1v) is 11.6. The summed E-state index contributed by atoms with van der Waals surface area (Å²) in [7, 11) is -3.69. The van der Waals surface area contributed by atoms with Crippen molar-refractivity contribution >= 4 is 27.3 Å². The van der Waals surface area contributed by atoms with Gasteiger partial charge in [0.05, 0.1) is 17.0 Å². The Hall–Kier alpha value is -2.21. The molecule has 2 N–H and O–H groups in total. The van der Waals surface area contributed by atoms with E-state index in [4.69, 9.17) is 5.26 Å². The monoisotopic (exact) mass is 419 g/mol. The minimum atomic E-state index is -3.69. The van der Waals surface area contributed by atoms with Crippen molar-refractivity contribution in [3.05, 3.63) is 52.2 Å². The molecule has 0 fully saturated rings. The molecule has 0 aliphatic carbocycles. The minimum Gasteiger partial charge on any atom is -0.344 e. The fourth-order valence-electron chi connectivity index (χ4n) is 2.98. The lowest BCUT2D eigenvalue weighted by molar-refractivity contribution is 0.0920. The molecule has 28 heavy (non-hydrogen) atoms. The maximum absolute atomic E-state index is 12.8. The fraction of sp³-hybridized carbons (Fsp3) is 0.400. The zero-order valence-electron chi connectivity index (χ0n) is 16.0. The van der Waals surface area contributed by atoms with E-state index in [-0.39, 0.29) is 29.8 Å². The summed E-state index contributed by atoms with van der Waals surface area (Å²) < 4.78 is 26.7. The Morgan fingerprint density at radius 1 is 1.18 bits per heavy atom. The summed E-state index contributed by atoms with van der Waals surface area (Å²) in [5.74, 6) is 0.0956. The highest BCUT2D eigenvalue weighted by Gasteiger charge is 2.24. The van der Waals surface area contributed by atoms with E-state index in [9.17, 15) is 13.2 Å². The van der Waals surface area contributed by atoms with Crippen LogP contribution in [0.15, 0.2) is 46.7 Å². The maximum Gasteiger partial charge on any atom is 0.251 e. The van der Waals surface area contributed by atoms with Gasteiger partial charge in [0.15, 0.2) is 0 Å². The number of nitrogens with zero attached hydrogens (tertiary/aromatic N) is 1. The molecule has 0 spiro atoms. The summed E-state index contributed by atoms with van der Waals surface area (Å²) in [4.78, 5) is 13.9. The summed E-state index contributed by atoms with van der Waals surface area (Å²) >= 11 is 1.62. The van der Waals surface area contributed by atoms with Crippen LogP contribution in [-0.2, 0) is 10.0 Å². The highest BCUT2D eigenvalue weighted by molar-refractivity contribution is 7.89. The molecule has 0 bridgehead atoms. The number of benzene rings is 1. The summed E-state index contributed by atoms with van der Waals surface area (Å²) in [6.07, 6.45) is 2.00. The second kappa shape index (κ2) is 10.4. The van der Waals surface area contributed by atoms with Crippen LogP contribution in [0.1, 0.15) is 54.4 Å². The molecular formula is C20H25N3O3S2. The van der Waals surface area contributed by atoms with Gasteiger partial charge in [0.2, 0.25) is 10.0 Å². The van der Waals surface area contributed by atoms with E-state index in [0.717, 1.165) is 17.7 Å². The molecule has 150 valence electrons. The van der Waals surface area contributed by atoms with Crippen molar-refractivity contribution in [1.29, 1.82) is 5.26 Å². The summed E-state index contributed by atoms with van der Waals surface area (Å²) in [5, 5.41) is 13.6. The fourth-order valence-corrected chi connectivity index (χ4v) is 4.89. The number of hydrogen-bond donors (Lipinski definition) is 2. The first-order valence-electron chi connectivity index (χ1n) is 9.23. The van der Waals surface area contributed by atoms with Gasteiger partial charge in [-0.2, -0.15) is 5.26 Å². The first-order chi connectivity index (χ1) is 13.4. The third-order valence-electron chi connectivity index (χ3n) is 4.61. The SMILES string of the molecule is CCC(CC)C(NC(=O)c1ccc(S(=O)(=O)NCCC#N)cc1)c1cccs1. The van der Waals surface area contributed by atoms with Crippen LogP contribution in [-0.4, -0.2) is 20.9 Å². The van der Waals surface area contributed by atoms with E-state index in [1.54, 1.807) is 11.3 Å². The molecule has 1 heterocycles. The molecule has 1 aromatic carbocycles. The summed E-state index contributed by atoms with van der Waals surface area (Å²) in [6.45, 7) is 4.28. The first kappa shape index (κ1) is 22.1. The molecule has 0 saturated carbocycles. The standard InChI is InChI=1S/C20H25N3O3S2/c1-3-15(4-2)19(18-7-5-14-27-18)23-20(24)16-8-10-17(11-9-16)28(25,26)22-13-6-12-21/h5,7-11,14-15,19,22H,3-4,6,13H2,1-2H3,(H,23,24). The molecule has 6 nitrogen and oxygen atoms in total. The van der Waals surface area contributed by atoms with Crippen LogP contribution in [0.4, 0.5) is 0 Å². The van der Waals surface area contributed by atoms with E-state index >= 15 is 0 Å². The molecule has 1 atom stereocenters. The Balaban J connectivity index is 2.14. The molecule has 0 saturated heterocycles. The van der Waals surface area contributed by atoms with Gasteiger partial charge in [0.25, 0.3) is 5.91 Å². The molecule has 8 heteroatoms. The Morgan fingerprint density at radius 3 is 2.39 bits per heavy atom. The lowest BCUT2D eigenvalue weighted by atomic mass is 9.92. The highest BCUT2D eigenvalue weighted by atomic mass is 32.2. The van der Waals surface area contributed by atoms with Gasteiger partial charge in [0.1, 0.15) is 0 Å². The number of nitriles is 1. The van der Waals surface area contributed by atoms with E-state index in [2.05, 4.69) is 23.9 Å². The second-order valence-corrected chi connectivity index (χ2v) is 9.12. The highest BCUT2D eigenvalue weighted by Crippen LogP contribution is 2.30. The van der Waals surface area contributed by atoms with Gasteiger partial charge in [-0.25, -0.2) is 13.1 Å². The number of nitrogens with one attached hydrogen (secondary N) is 2. The topological polar surface area (TPSA) is 99.1 Å². The number of carbonyl (C=O) groups is 1. The summed E-state index contributed by atoms with van der Waals surface area (Å²) in [6, 6.07) is 11.6. The van der Waals surface area contributed by atoms with Crippen molar-refractivity contribution in [2.75, 3.05) is 6.54 Å². The average Bonchev–Trinajstić information content (AvgIpc) is 3.22. The maximum atomic E-state index is 12.8. The molecule has 2 rings (SSSR count). The minimum absolute atomic E-state index is 0.0546. The van der Waals surface area contributed by atoms with Crippen molar-refractivity contribution in [1.82, 2.24) is 10.0 Å². The van der Waals surface area contributed by atoms with Crippen LogP contribution in [0.5, 0.6) is 0 Å². The normalized spacial score (nSPS) is 12.5. The van der Waals surface area contributed by atoms with Gasteiger partial charge in [-0.05, 0) is 41.6 Å². The third-order valence-corrected chi connectivity index (χ3v) is 7.04. The molecule has 1 unspecified atom stereocenters. The Kier molecular flexibility index (Phi) is 8.18.